The minimum absolute atomic E-state index is 0.718. The molecule has 1 rings (SSSR count). The average Bonchev–Trinajstić information content (AvgIpc) is 2.12. The molecule has 0 saturated heterocycles. The Balaban J connectivity index is 2.93. The molecule has 1 aromatic rings. The molecule has 0 spiro atoms. The van der Waals surface area contributed by atoms with E-state index in [0.29, 0.717) is 0 Å². The van der Waals surface area contributed by atoms with Crippen molar-refractivity contribution in [1.82, 2.24) is 0 Å². The summed E-state index contributed by atoms with van der Waals surface area (Å²) in [7, 11) is 0. The van der Waals surface area contributed by atoms with Crippen molar-refractivity contribution in [3.8, 4) is 0 Å². The van der Waals surface area contributed by atoms with Crippen LogP contribution in [0.1, 0.15) is 5.76 Å². The fourth-order valence-electron chi connectivity index (χ4n) is 0.480. The van der Waals surface area contributed by atoms with Gasteiger partial charge in [-0.25, -0.2) is 0 Å². The van der Waals surface area contributed by atoms with Crippen molar-refractivity contribution >= 4 is 5.57 Å². The molecule has 0 bridgehead atoms. The molecule has 0 aliphatic rings. The van der Waals surface area contributed by atoms with E-state index in [2.05, 4.69) is 13.5 Å². The van der Waals surface area contributed by atoms with E-state index in [1.54, 1.807) is 6.26 Å². The van der Waals surface area contributed by atoms with Gasteiger partial charge in [-0.2, -0.15) is 0 Å². The van der Waals surface area contributed by atoms with Crippen molar-refractivity contribution in [2.24, 2.45) is 0 Å². The van der Waals surface area contributed by atoms with E-state index in [-0.39, 0.29) is 0 Å². The Bertz CT molecular complexity index is 172. The summed E-state index contributed by atoms with van der Waals surface area (Å²) in [6, 6.07) is 3.64. The zero-order chi connectivity index (χ0) is 5.98. The number of hydrogen-bond donors (Lipinski definition) is 0. The molecule has 1 radical (unpaired) electrons. The van der Waals surface area contributed by atoms with Gasteiger partial charge in [0.05, 0.1) is 6.26 Å². The predicted octanol–water partition coefficient (Wildman–Crippen LogP) is 2.13. The van der Waals surface area contributed by atoms with Crippen molar-refractivity contribution in [2.75, 3.05) is 0 Å². The number of allylic oxidation sites excluding steroid dienone is 1. The third kappa shape index (κ3) is 0.808. The lowest BCUT2D eigenvalue weighted by atomic mass is 10.3. The maximum absolute atomic E-state index is 4.93. The lowest BCUT2D eigenvalue weighted by molar-refractivity contribution is 0.554. The summed E-state index contributed by atoms with van der Waals surface area (Å²) in [5.74, 6) is 0.755. The second-order valence-electron chi connectivity index (χ2n) is 1.58. The van der Waals surface area contributed by atoms with Gasteiger partial charge in [0.25, 0.3) is 0 Å². The average molecular weight is 107 g/mol. The molecular weight excluding hydrogens is 100 g/mol. The molecule has 0 aromatic carbocycles. The van der Waals surface area contributed by atoms with Crippen LogP contribution in [0.2, 0.25) is 0 Å². The van der Waals surface area contributed by atoms with E-state index >= 15 is 0 Å². The highest BCUT2D eigenvalue weighted by Gasteiger charge is 1.91. The van der Waals surface area contributed by atoms with E-state index in [9.17, 15) is 0 Å². The van der Waals surface area contributed by atoms with Gasteiger partial charge in [-0.15, -0.1) is 0 Å². The molecule has 1 heteroatoms. The van der Waals surface area contributed by atoms with Gasteiger partial charge in [-0.05, 0) is 24.6 Å². The minimum atomic E-state index is 0.718. The summed E-state index contributed by atoms with van der Waals surface area (Å²) in [5.41, 5.74) is 0.718. The van der Waals surface area contributed by atoms with Crippen molar-refractivity contribution in [2.45, 2.75) is 0 Å². The van der Waals surface area contributed by atoms with Gasteiger partial charge < -0.3 is 4.42 Å². The third-order valence-corrected chi connectivity index (χ3v) is 0.870. The first kappa shape index (κ1) is 5.16. The number of rotatable bonds is 1. The molecular formula is C7H7O. The highest BCUT2D eigenvalue weighted by molar-refractivity contribution is 5.61. The van der Waals surface area contributed by atoms with E-state index in [4.69, 9.17) is 4.42 Å². The van der Waals surface area contributed by atoms with Crippen LogP contribution in [-0.4, -0.2) is 0 Å². The van der Waals surface area contributed by atoms with E-state index in [1.807, 2.05) is 12.1 Å². The normalized spacial score (nSPS) is 9.12. The summed E-state index contributed by atoms with van der Waals surface area (Å²) in [5, 5.41) is 0. The largest absolute Gasteiger partial charge is 0.465 e. The highest BCUT2D eigenvalue weighted by atomic mass is 16.3. The molecule has 0 aliphatic carbocycles. The molecule has 1 heterocycles. The first-order chi connectivity index (χ1) is 3.80. The van der Waals surface area contributed by atoms with Crippen LogP contribution in [-0.2, 0) is 0 Å². The van der Waals surface area contributed by atoms with Crippen molar-refractivity contribution < 1.29 is 4.42 Å². The smallest absolute Gasteiger partial charge is 0.129 e. The Labute approximate surface area is 48.6 Å². The van der Waals surface area contributed by atoms with Gasteiger partial charge in [0.15, 0.2) is 0 Å². The molecule has 0 saturated carbocycles. The molecule has 1 nitrogen and oxygen atoms in total. The van der Waals surface area contributed by atoms with Gasteiger partial charge in [0.1, 0.15) is 5.76 Å². The van der Waals surface area contributed by atoms with Gasteiger partial charge >= 0.3 is 0 Å². The molecule has 1 aromatic heterocycles. The van der Waals surface area contributed by atoms with E-state index in [0.717, 1.165) is 11.3 Å². The first-order valence-electron chi connectivity index (χ1n) is 2.35. The Kier molecular flexibility index (Phi) is 1.20. The van der Waals surface area contributed by atoms with Crippen LogP contribution < -0.4 is 0 Å². The third-order valence-electron chi connectivity index (χ3n) is 0.870. The minimum Gasteiger partial charge on any atom is -0.465 e. The molecule has 8 heavy (non-hydrogen) atoms. The lowest BCUT2D eigenvalue weighted by Crippen LogP contribution is -1.65. The zero-order valence-electron chi connectivity index (χ0n) is 4.55. The molecule has 0 N–H and O–H groups in total. The summed E-state index contributed by atoms with van der Waals surface area (Å²) in [6.45, 7) is 7.19. The van der Waals surface area contributed by atoms with Crippen LogP contribution in [0.15, 0.2) is 29.4 Å². The molecule has 0 aliphatic heterocycles. The maximum atomic E-state index is 4.93. The quantitative estimate of drug-likeness (QED) is 0.535. The van der Waals surface area contributed by atoms with Gasteiger partial charge in [0, 0.05) is 0 Å². The second-order valence-corrected chi connectivity index (χ2v) is 1.58. The SMILES string of the molecule is [CH2]C(=C)c1ccco1. The zero-order valence-corrected chi connectivity index (χ0v) is 4.55. The van der Waals surface area contributed by atoms with Crippen molar-refractivity contribution in [1.29, 1.82) is 0 Å². The fraction of sp³-hybridized carbons (Fsp3) is 0. The molecule has 0 unspecified atom stereocenters. The van der Waals surface area contributed by atoms with Crippen LogP contribution in [0, 0.1) is 6.92 Å². The molecule has 0 fully saturated rings. The predicted molar refractivity (Wildman–Crippen MR) is 33.1 cm³/mol. The number of hydrogen-bond acceptors (Lipinski definition) is 1. The highest BCUT2D eigenvalue weighted by Crippen LogP contribution is 2.09. The van der Waals surface area contributed by atoms with Gasteiger partial charge in [0.2, 0.25) is 0 Å². The van der Waals surface area contributed by atoms with Crippen molar-refractivity contribution in [3.05, 3.63) is 37.7 Å². The van der Waals surface area contributed by atoms with Gasteiger partial charge in [-0.3, -0.25) is 0 Å². The Morgan fingerprint density at radius 2 is 2.38 bits per heavy atom. The van der Waals surface area contributed by atoms with Crippen LogP contribution in [0.5, 0.6) is 0 Å². The summed E-state index contributed by atoms with van der Waals surface area (Å²) >= 11 is 0. The Morgan fingerprint density at radius 1 is 1.62 bits per heavy atom. The van der Waals surface area contributed by atoms with Crippen LogP contribution in [0.4, 0.5) is 0 Å². The lowest BCUT2D eigenvalue weighted by Gasteiger charge is -1.86. The van der Waals surface area contributed by atoms with E-state index < -0.39 is 0 Å². The summed E-state index contributed by atoms with van der Waals surface area (Å²) in [4.78, 5) is 0. The molecule has 0 amide bonds. The van der Waals surface area contributed by atoms with Crippen LogP contribution >= 0.6 is 0 Å². The fourth-order valence-corrected chi connectivity index (χ4v) is 0.480. The van der Waals surface area contributed by atoms with Crippen LogP contribution in [0.3, 0.4) is 0 Å². The standard InChI is InChI=1S/C7H7O/c1-6(2)7-4-3-5-8-7/h3-5H,1-2H2. The Morgan fingerprint density at radius 3 is 2.62 bits per heavy atom. The monoisotopic (exact) mass is 107 g/mol. The van der Waals surface area contributed by atoms with Crippen LogP contribution in [0.25, 0.3) is 5.57 Å². The first-order valence-corrected chi connectivity index (χ1v) is 2.35. The number of furan rings is 1. The summed E-state index contributed by atoms with van der Waals surface area (Å²) < 4.78 is 4.93. The molecule has 41 valence electrons. The molecule has 0 atom stereocenters. The summed E-state index contributed by atoms with van der Waals surface area (Å²) in [6.07, 6.45) is 1.60. The maximum Gasteiger partial charge on any atom is 0.129 e. The topological polar surface area (TPSA) is 13.1 Å². The van der Waals surface area contributed by atoms with Gasteiger partial charge in [-0.1, -0.05) is 6.58 Å². The van der Waals surface area contributed by atoms with Crippen molar-refractivity contribution in [3.63, 3.8) is 0 Å². The van der Waals surface area contributed by atoms with E-state index in [1.165, 1.54) is 0 Å². The second kappa shape index (κ2) is 1.86. The Hall–Kier alpha value is -0.980.